The van der Waals surface area contributed by atoms with Crippen LogP contribution in [-0.2, 0) is 6.54 Å². The minimum atomic E-state index is -0.145. The zero-order valence-electron chi connectivity index (χ0n) is 12.4. The Balaban J connectivity index is 1.78. The molecule has 1 aromatic carbocycles. The molecular formula is C17H23FN2S. The highest BCUT2D eigenvalue weighted by atomic mass is 32.1. The van der Waals surface area contributed by atoms with Crippen LogP contribution in [0.3, 0.4) is 0 Å². The molecule has 2 nitrogen and oxygen atoms in total. The molecule has 0 amide bonds. The van der Waals surface area contributed by atoms with Gasteiger partial charge in [-0.15, -0.1) is 0 Å². The standard InChI is InChI=1S/C17H23FN2S/c18-15-8-7-13(17(19)21)10-14(15)11-20-9-3-5-12-4-1-2-6-16(12)20/h7-8,10,12,16H,1-6,9,11H2,(H2,19,21)/t12-,16-/m1/s1. The second-order valence-corrected chi connectivity index (χ2v) is 6.83. The van der Waals surface area contributed by atoms with Crippen molar-refractivity contribution < 1.29 is 4.39 Å². The Morgan fingerprint density at radius 3 is 2.81 bits per heavy atom. The molecule has 1 aliphatic carbocycles. The predicted octanol–water partition coefficient (Wildman–Crippen LogP) is 3.61. The molecule has 2 aliphatic rings. The van der Waals surface area contributed by atoms with E-state index >= 15 is 0 Å². The highest BCUT2D eigenvalue weighted by molar-refractivity contribution is 7.80. The number of fused-ring (bicyclic) bond motifs is 1. The minimum absolute atomic E-state index is 0.145. The van der Waals surface area contributed by atoms with Gasteiger partial charge in [-0.3, -0.25) is 4.90 Å². The van der Waals surface area contributed by atoms with Crippen LogP contribution in [0.4, 0.5) is 4.39 Å². The molecule has 0 bridgehead atoms. The van der Waals surface area contributed by atoms with Gasteiger partial charge in [0.05, 0.1) is 0 Å². The smallest absolute Gasteiger partial charge is 0.127 e. The van der Waals surface area contributed by atoms with Crippen molar-refractivity contribution >= 4 is 17.2 Å². The Labute approximate surface area is 131 Å². The maximum absolute atomic E-state index is 14.1. The van der Waals surface area contributed by atoms with Crippen molar-refractivity contribution in [1.29, 1.82) is 0 Å². The van der Waals surface area contributed by atoms with Gasteiger partial charge in [-0.05, 0) is 56.3 Å². The summed E-state index contributed by atoms with van der Waals surface area (Å²) in [5, 5.41) is 0. The maximum atomic E-state index is 14.1. The number of nitrogens with two attached hydrogens (primary N) is 1. The summed E-state index contributed by atoms with van der Waals surface area (Å²) in [6, 6.07) is 5.62. The number of benzene rings is 1. The van der Waals surface area contributed by atoms with E-state index < -0.39 is 0 Å². The Hall–Kier alpha value is -1.00. The minimum Gasteiger partial charge on any atom is -0.389 e. The van der Waals surface area contributed by atoms with Crippen LogP contribution in [0.5, 0.6) is 0 Å². The van der Waals surface area contributed by atoms with Gasteiger partial charge in [0, 0.05) is 23.7 Å². The summed E-state index contributed by atoms with van der Waals surface area (Å²) < 4.78 is 14.1. The van der Waals surface area contributed by atoms with E-state index in [1.54, 1.807) is 6.07 Å². The van der Waals surface area contributed by atoms with Gasteiger partial charge in [0.15, 0.2) is 0 Å². The van der Waals surface area contributed by atoms with Gasteiger partial charge in [-0.1, -0.05) is 25.1 Å². The third-order valence-corrected chi connectivity index (χ3v) is 5.30. The largest absolute Gasteiger partial charge is 0.389 e. The van der Waals surface area contributed by atoms with Crippen LogP contribution in [0.15, 0.2) is 18.2 Å². The summed E-state index contributed by atoms with van der Waals surface area (Å²) in [4.78, 5) is 2.82. The van der Waals surface area contributed by atoms with E-state index in [1.165, 1.54) is 44.6 Å². The third-order valence-electron chi connectivity index (χ3n) is 5.06. The Bertz CT molecular complexity index is 530. The van der Waals surface area contributed by atoms with E-state index in [2.05, 4.69) is 4.90 Å². The van der Waals surface area contributed by atoms with E-state index in [0.717, 1.165) is 23.6 Å². The molecule has 21 heavy (non-hydrogen) atoms. The van der Waals surface area contributed by atoms with E-state index in [0.29, 0.717) is 17.6 Å². The summed E-state index contributed by atoms with van der Waals surface area (Å²) in [7, 11) is 0. The Morgan fingerprint density at radius 2 is 2.00 bits per heavy atom. The molecule has 2 N–H and O–H groups in total. The van der Waals surface area contributed by atoms with Crippen molar-refractivity contribution in [2.24, 2.45) is 11.7 Å². The molecule has 1 aromatic rings. The van der Waals surface area contributed by atoms with Crippen LogP contribution < -0.4 is 5.73 Å². The first kappa shape index (κ1) is 14.9. The van der Waals surface area contributed by atoms with Crippen LogP contribution in [0.25, 0.3) is 0 Å². The first-order valence-electron chi connectivity index (χ1n) is 7.97. The first-order chi connectivity index (χ1) is 10.1. The average Bonchev–Trinajstić information content (AvgIpc) is 2.49. The summed E-state index contributed by atoms with van der Waals surface area (Å²) in [5.74, 6) is 0.669. The number of rotatable bonds is 3. The number of nitrogens with zero attached hydrogens (tertiary/aromatic N) is 1. The van der Waals surface area contributed by atoms with Crippen LogP contribution in [0.2, 0.25) is 0 Å². The lowest BCUT2D eigenvalue weighted by Crippen LogP contribution is -2.46. The molecular weight excluding hydrogens is 283 g/mol. The number of hydrogen-bond acceptors (Lipinski definition) is 2. The molecule has 2 fully saturated rings. The Morgan fingerprint density at radius 1 is 1.24 bits per heavy atom. The maximum Gasteiger partial charge on any atom is 0.127 e. The number of likely N-dealkylation sites (tertiary alicyclic amines) is 1. The number of halogens is 1. The van der Waals surface area contributed by atoms with Crippen molar-refractivity contribution in [2.75, 3.05) is 6.54 Å². The normalized spacial score (nSPS) is 26.3. The van der Waals surface area contributed by atoms with Gasteiger partial charge in [-0.2, -0.15) is 0 Å². The number of thiocarbonyl (C=S) groups is 1. The first-order valence-corrected chi connectivity index (χ1v) is 8.38. The predicted molar refractivity (Wildman–Crippen MR) is 87.7 cm³/mol. The van der Waals surface area contributed by atoms with Crippen LogP contribution in [0.1, 0.15) is 49.7 Å². The zero-order valence-corrected chi connectivity index (χ0v) is 13.2. The SMILES string of the molecule is NC(=S)c1ccc(F)c(CN2CCC[C@H]3CCCC[C@H]32)c1. The zero-order chi connectivity index (χ0) is 14.8. The third kappa shape index (κ3) is 3.27. The monoisotopic (exact) mass is 306 g/mol. The lowest BCUT2D eigenvalue weighted by atomic mass is 9.78. The Kier molecular flexibility index (Phi) is 4.55. The molecule has 114 valence electrons. The summed E-state index contributed by atoms with van der Waals surface area (Å²) in [5.41, 5.74) is 7.16. The number of piperidine rings is 1. The van der Waals surface area contributed by atoms with Crippen LogP contribution >= 0.6 is 12.2 Å². The van der Waals surface area contributed by atoms with E-state index in [-0.39, 0.29) is 5.82 Å². The highest BCUT2D eigenvalue weighted by Crippen LogP contribution is 2.36. The second kappa shape index (κ2) is 6.41. The van der Waals surface area contributed by atoms with Gasteiger partial charge in [-0.25, -0.2) is 4.39 Å². The van der Waals surface area contributed by atoms with Gasteiger partial charge >= 0.3 is 0 Å². The molecule has 0 spiro atoms. The molecule has 3 rings (SSSR count). The van der Waals surface area contributed by atoms with Gasteiger partial charge in [0.1, 0.15) is 10.8 Å². The quantitative estimate of drug-likeness (QED) is 0.865. The van der Waals surface area contributed by atoms with Crippen molar-refractivity contribution in [3.05, 3.63) is 35.1 Å². The lowest BCUT2D eigenvalue weighted by molar-refractivity contribution is 0.0539. The lowest BCUT2D eigenvalue weighted by Gasteiger charge is -2.44. The fraction of sp³-hybridized carbons (Fsp3) is 0.588. The topological polar surface area (TPSA) is 29.3 Å². The molecule has 4 heteroatoms. The number of hydrogen-bond donors (Lipinski definition) is 1. The summed E-state index contributed by atoms with van der Waals surface area (Å²) in [6.07, 6.45) is 7.86. The van der Waals surface area contributed by atoms with Crippen LogP contribution in [-0.4, -0.2) is 22.5 Å². The van der Waals surface area contributed by atoms with Gasteiger partial charge in [0.25, 0.3) is 0 Å². The van der Waals surface area contributed by atoms with Gasteiger partial charge in [0.2, 0.25) is 0 Å². The van der Waals surface area contributed by atoms with E-state index in [1.807, 2.05) is 6.07 Å². The average molecular weight is 306 g/mol. The van der Waals surface area contributed by atoms with E-state index in [4.69, 9.17) is 18.0 Å². The van der Waals surface area contributed by atoms with Crippen LogP contribution in [0, 0.1) is 11.7 Å². The summed E-state index contributed by atoms with van der Waals surface area (Å²) >= 11 is 5.00. The molecule has 0 unspecified atom stereocenters. The fourth-order valence-electron chi connectivity index (χ4n) is 3.99. The fourth-order valence-corrected chi connectivity index (χ4v) is 4.12. The molecule has 1 heterocycles. The molecule has 1 aliphatic heterocycles. The molecule has 1 saturated carbocycles. The van der Waals surface area contributed by atoms with Crippen molar-refractivity contribution in [1.82, 2.24) is 4.90 Å². The molecule has 2 atom stereocenters. The second-order valence-electron chi connectivity index (χ2n) is 6.40. The van der Waals surface area contributed by atoms with Crippen molar-refractivity contribution in [3.8, 4) is 0 Å². The molecule has 0 radical (unpaired) electrons. The van der Waals surface area contributed by atoms with Crippen molar-refractivity contribution in [2.45, 2.75) is 51.1 Å². The van der Waals surface area contributed by atoms with E-state index in [9.17, 15) is 4.39 Å². The summed E-state index contributed by atoms with van der Waals surface area (Å²) in [6.45, 7) is 1.77. The highest BCUT2D eigenvalue weighted by Gasteiger charge is 2.33. The van der Waals surface area contributed by atoms with Gasteiger partial charge < -0.3 is 5.73 Å². The van der Waals surface area contributed by atoms with Crippen molar-refractivity contribution in [3.63, 3.8) is 0 Å². The molecule has 1 saturated heterocycles. The molecule has 0 aromatic heterocycles.